The van der Waals surface area contributed by atoms with Gasteiger partial charge in [-0.05, 0) is 44.5 Å². The first-order chi connectivity index (χ1) is 9.92. The summed E-state index contributed by atoms with van der Waals surface area (Å²) >= 11 is 0. The number of aryl methyl sites for hydroxylation is 3. The molecule has 2 rings (SSSR count). The molecule has 0 saturated heterocycles. The van der Waals surface area contributed by atoms with Crippen LogP contribution in [0.15, 0.2) is 24.4 Å². The Hall–Kier alpha value is -2.30. The maximum atomic E-state index is 11.6. The molecule has 21 heavy (non-hydrogen) atoms. The highest BCUT2D eigenvalue weighted by molar-refractivity contribution is 5.94. The normalized spacial score (nSPS) is 12.0. The lowest BCUT2D eigenvalue weighted by Gasteiger charge is -2.17. The molecule has 1 aromatic carbocycles. The van der Waals surface area contributed by atoms with E-state index in [4.69, 9.17) is 0 Å². The minimum absolute atomic E-state index is 0.0687. The summed E-state index contributed by atoms with van der Waals surface area (Å²) in [6.07, 6.45) is 2.03. The Morgan fingerprint density at radius 2 is 2.05 bits per heavy atom. The van der Waals surface area contributed by atoms with Gasteiger partial charge in [0.2, 0.25) is 0 Å². The minimum Gasteiger partial charge on any atom is -0.378 e. The average molecular weight is 286 g/mol. The van der Waals surface area contributed by atoms with Gasteiger partial charge in [0.25, 0.3) is 5.91 Å². The van der Waals surface area contributed by atoms with Gasteiger partial charge < -0.3 is 10.6 Å². The Morgan fingerprint density at radius 3 is 2.57 bits per heavy atom. The maximum Gasteiger partial charge on any atom is 0.251 e. The minimum atomic E-state index is -0.0687. The molecule has 0 bridgehead atoms. The van der Waals surface area contributed by atoms with Gasteiger partial charge in [-0.2, -0.15) is 5.10 Å². The van der Waals surface area contributed by atoms with E-state index in [1.165, 1.54) is 5.56 Å². The molecule has 0 aliphatic rings. The Kier molecular flexibility index (Phi) is 4.31. The fourth-order valence-corrected chi connectivity index (χ4v) is 2.47. The smallest absolute Gasteiger partial charge is 0.251 e. The molecule has 5 nitrogen and oxygen atoms in total. The zero-order valence-corrected chi connectivity index (χ0v) is 13.2. The molecule has 1 unspecified atom stereocenters. The average Bonchev–Trinajstić information content (AvgIpc) is 2.79. The number of carbonyl (C=O) groups excluding carboxylic acids is 1. The molecule has 1 aromatic heterocycles. The number of nitrogens with zero attached hydrogens (tertiary/aromatic N) is 2. The molecule has 1 atom stereocenters. The lowest BCUT2D eigenvalue weighted by atomic mass is 10.1. The van der Waals surface area contributed by atoms with Crippen molar-refractivity contribution in [1.82, 2.24) is 15.1 Å². The largest absolute Gasteiger partial charge is 0.378 e. The summed E-state index contributed by atoms with van der Waals surface area (Å²) in [5, 5.41) is 10.5. The van der Waals surface area contributed by atoms with Gasteiger partial charge in [0, 0.05) is 37.1 Å². The summed E-state index contributed by atoms with van der Waals surface area (Å²) in [5.74, 6) is -0.0687. The van der Waals surface area contributed by atoms with Crippen molar-refractivity contribution in [2.24, 2.45) is 7.05 Å². The number of hydrogen-bond donors (Lipinski definition) is 2. The molecule has 0 spiro atoms. The van der Waals surface area contributed by atoms with Crippen molar-refractivity contribution in [2.45, 2.75) is 26.8 Å². The third-order valence-corrected chi connectivity index (χ3v) is 3.61. The van der Waals surface area contributed by atoms with Gasteiger partial charge in [-0.15, -0.1) is 0 Å². The van der Waals surface area contributed by atoms with Crippen LogP contribution in [0.3, 0.4) is 0 Å². The van der Waals surface area contributed by atoms with E-state index in [2.05, 4.69) is 22.7 Å². The van der Waals surface area contributed by atoms with Crippen molar-refractivity contribution in [2.75, 3.05) is 12.4 Å². The summed E-state index contributed by atoms with van der Waals surface area (Å²) in [5.41, 5.74) is 4.94. The van der Waals surface area contributed by atoms with Crippen LogP contribution in [0.4, 0.5) is 5.69 Å². The zero-order chi connectivity index (χ0) is 15.6. The Labute approximate surface area is 125 Å². The van der Waals surface area contributed by atoms with Gasteiger partial charge in [-0.25, -0.2) is 0 Å². The molecule has 1 amide bonds. The van der Waals surface area contributed by atoms with Crippen LogP contribution in [-0.4, -0.2) is 22.7 Å². The van der Waals surface area contributed by atoms with Crippen LogP contribution in [0.25, 0.3) is 0 Å². The fraction of sp³-hybridized carbons (Fsp3) is 0.375. The van der Waals surface area contributed by atoms with E-state index >= 15 is 0 Å². The van der Waals surface area contributed by atoms with Crippen LogP contribution < -0.4 is 10.6 Å². The van der Waals surface area contributed by atoms with Gasteiger partial charge in [-0.3, -0.25) is 9.48 Å². The second-order valence-corrected chi connectivity index (χ2v) is 5.32. The van der Waals surface area contributed by atoms with Crippen LogP contribution >= 0.6 is 0 Å². The molecular weight excluding hydrogens is 264 g/mol. The first kappa shape index (κ1) is 15.1. The Balaban J connectivity index is 2.20. The van der Waals surface area contributed by atoms with Crippen molar-refractivity contribution >= 4 is 11.6 Å². The van der Waals surface area contributed by atoms with E-state index in [0.29, 0.717) is 5.56 Å². The summed E-state index contributed by atoms with van der Waals surface area (Å²) in [6.45, 7) is 6.11. The number of anilines is 1. The van der Waals surface area contributed by atoms with Crippen LogP contribution in [0.1, 0.15) is 40.1 Å². The molecule has 0 aliphatic heterocycles. The summed E-state index contributed by atoms with van der Waals surface area (Å²) in [7, 11) is 3.56. The fourth-order valence-electron chi connectivity index (χ4n) is 2.47. The first-order valence-electron chi connectivity index (χ1n) is 7.01. The highest BCUT2D eigenvalue weighted by atomic mass is 16.1. The van der Waals surface area contributed by atoms with Gasteiger partial charge in [-0.1, -0.05) is 0 Å². The van der Waals surface area contributed by atoms with Crippen molar-refractivity contribution in [3.63, 3.8) is 0 Å². The summed E-state index contributed by atoms with van der Waals surface area (Å²) in [4.78, 5) is 11.6. The number of benzene rings is 1. The quantitative estimate of drug-likeness (QED) is 0.908. The Bertz CT molecular complexity index is 660. The van der Waals surface area contributed by atoms with E-state index < -0.39 is 0 Å². The van der Waals surface area contributed by atoms with E-state index in [1.807, 2.05) is 50.0 Å². The van der Waals surface area contributed by atoms with Crippen molar-refractivity contribution in [1.29, 1.82) is 0 Å². The van der Waals surface area contributed by atoms with Crippen molar-refractivity contribution in [3.05, 3.63) is 46.8 Å². The van der Waals surface area contributed by atoms with Crippen LogP contribution in [0.5, 0.6) is 0 Å². The number of amides is 1. The SMILES string of the molecule is CNC(=O)c1ccc(NC(C)c2cn(C)nc2C)c(C)c1. The molecule has 0 aliphatic carbocycles. The van der Waals surface area contributed by atoms with Crippen LogP contribution in [0.2, 0.25) is 0 Å². The van der Waals surface area contributed by atoms with Crippen molar-refractivity contribution in [3.8, 4) is 0 Å². The highest BCUT2D eigenvalue weighted by Gasteiger charge is 2.13. The summed E-state index contributed by atoms with van der Waals surface area (Å²) in [6, 6.07) is 5.83. The standard InChI is InChI=1S/C16H22N4O/c1-10-8-13(16(21)17-4)6-7-15(10)18-11(2)14-9-20(5)19-12(14)3/h6-9,11,18H,1-5H3,(H,17,21). The number of aromatic nitrogens is 2. The highest BCUT2D eigenvalue weighted by Crippen LogP contribution is 2.24. The molecule has 2 aromatic rings. The Morgan fingerprint density at radius 1 is 1.33 bits per heavy atom. The van der Waals surface area contributed by atoms with Gasteiger partial charge in [0.15, 0.2) is 0 Å². The molecule has 0 radical (unpaired) electrons. The van der Waals surface area contributed by atoms with E-state index in [1.54, 1.807) is 7.05 Å². The van der Waals surface area contributed by atoms with Crippen LogP contribution in [0, 0.1) is 13.8 Å². The third kappa shape index (κ3) is 3.24. The van der Waals surface area contributed by atoms with E-state index in [-0.39, 0.29) is 11.9 Å². The van der Waals surface area contributed by atoms with Gasteiger partial charge in [0.1, 0.15) is 0 Å². The number of nitrogens with one attached hydrogen (secondary N) is 2. The third-order valence-electron chi connectivity index (χ3n) is 3.61. The maximum absolute atomic E-state index is 11.6. The molecule has 5 heteroatoms. The zero-order valence-electron chi connectivity index (χ0n) is 13.2. The summed E-state index contributed by atoms with van der Waals surface area (Å²) < 4.78 is 1.82. The lowest BCUT2D eigenvalue weighted by Crippen LogP contribution is -2.18. The second-order valence-electron chi connectivity index (χ2n) is 5.32. The molecule has 0 saturated carbocycles. The molecule has 112 valence electrons. The van der Waals surface area contributed by atoms with Gasteiger partial charge in [0.05, 0.1) is 11.7 Å². The van der Waals surface area contributed by atoms with E-state index in [0.717, 1.165) is 16.9 Å². The van der Waals surface area contributed by atoms with Crippen molar-refractivity contribution < 1.29 is 4.79 Å². The predicted molar refractivity (Wildman–Crippen MR) is 84.6 cm³/mol. The lowest BCUT2D eigenvalue weighted by molar-refractivity contribution is 0.0963. The molecular formula is C16H22N4O. The number of rotatable bonds is 4. The predicted octanol–water partition coefficient (Wildman–Crippen LogP) is 2.57. The number of carbonyl (C=O) groups is 1. The molecule has 1 heterocycles. The molecule has 2 N–H and O–H groups in total. The number of hydrogen-bond acceptors (Lipinski definition) is 3. The molecule has 0 fully saturated rings. The first-order valence-corrected chi connectivity index (χ1v) is 7.01. The van der Waals surface area contributed by atoms with Gasteiger partial charge >= 0.3 is 0 Å². The van der Waals surface area contributed by atoms with Crippen LogP contribution in [-0.2, 0) is 7.05 Å². The monoisotopic (exact) mass is 286 g/mol. The topological polar surface area (TPSA) is 59.0 Å². The van der Waals surface area contributed by atoms with E-state index in [9.17, 15) is 4.79 Å². The second kappa shape index (κ2) is 5.99.